The number of rotatable bonds is 1. The second kappa shape index (κ2) is 23.4. The van der Waals surface area contributed by atoms with Crippen LogP contribution in [0.3, 0.4) is 0 Å². The molecule has 0 amide bonds. The third-order valence-electron chi connectivity index (χ3n) is 0.884. The van der Waals surface area contributed by atoms with E-state index in [9.17, 15) is 0 Å². The Labute approximate surface area is 107 Å². The summed E-state index contributed by atoms with van der Waals surface area (Å²) in [7, 11) is 0. The quantitative estimate of drug-likeness (QED) is 0.424. The predicted molar refractivity (Wildman–Crippen MR) is 58.9 cm³/mol. The van der Waals surface area contributed by atoms with Gasteiger partial charge in [-0.05, 0) is 0 Å². The molecule has 0 radical (unpaired) electrons. The van der Waals surface area contributed by atoms with Gasteiger partial charge in [-0.2, -0.15) is 20.3 Å². The molecular formula is C11H20O3Ru. The molecule has 4 heteroatoms. The molecule has 0 aromatic carbocycles. The van der Waals surface area contributed by atoms with Gasteiger partial charge in [0, 0.05) is 0 Å². The first kappa shape index (κ1) is 29.3. The minimum Gasteiger partial charge on any atom is -0.545 e. The second-order valence-corrected chi connectivity index (χ2v) is 3.94. The van der Waals surface area contributed by atoms with Crippen LogP contribution in [0.15, 0.2) is 0 Å². The molecule has 15 heavy (non-hydrogen) atoms. The zero-order valence-electron chi connectivity index (χ0n) is 10.0. The molecule has 90 valence electrons. The van der Waals surface area contributed by atoms with Crippen LogP contribution in [0.5, 0.6) is 0 Å². The Hall–Kier alpha value is -0.367. The molecule has 0 bridgehead atoms. The van der Waals surface area contributed by atoms with Gasteiger partial charge in [-0.3, -0.25) is 20.4 Å². The van der Waals surface area contributed by atoms with E-state index >= 15 is 0 Å². The van der Waals surface area contributed by atoms with Crippen molar-refractivity contribution in [1.82, 2.24) is 0 Å². The minimum absolute atomic E-state index is 0. The Balaban J connectivity index is -0.0000000410. The van der Waals surface area contributed by atoms with Gasteiger partial charge >= 0.3 is 19.5 Å². The van der Waals surface area contributed by atoms with Gasteiger partial charge in [0.25, 0.3) is 0 Å². The van der Waals surface area contributed by atoms with Crippen LogP contribution < -0.4 is 0 Å². The van der Waals surface area contributed by atoms with E-state index in [4.69, 9.17) is 14.4 Å². The summed E-state index contributed by atoms with van der Waals surface area (Å²) in [6.45, 7) is 20.9. The normalized spacial score (nSPS) is 7.60. The van der Waals surface area contributed by atoms with E-state index in [0.29, 0.717) is 5.41 Å². The molecule has 0 aromatic rings. The Morgan fingerprint density at radius 3 is 1.07 bits per heavy atom. The summed E-state index contributed by atoms with van der Waals surface area (Å²) in [6.07, 6.45) is 1.24. The van der Waals surface area contributed by atoms with E-state index in [1.54, 1.807) is 0 Å². The van der Waals surface area contributed by atoms with Gasteiger partial charge in [0.2, 0.25) is 0 Å². The summed E-state index contributed by atoms with van der Waals surface area (Å²) >= 11 is 0. The third kappa shape index (κ3) is 85.9. The molecule has 0 unspecified atom stereocenters. The Kier molecular flexibility index (Phi) is 45.8. The molecule has 0 atom stereocenters. The number of hydrogen-bond acceptors (Lipinski definition) is 3. The number of hydrogen-bond donors (Lipinski definition) is 0. The van der Waals surface area contributed by atoms with Crippen LogP contribution in [0, 0.1) is 11.3 Å². The zero-order chi connectivity index (χ0) is 12.8. The Morgan fingerprint density at radius 1 is 0.867 bits per heavy atom. The smallest absolute Gasteiger partial charge is 0.545 e. The van der Waals surface area contributed by atoms with Crippen molar-refractivity contribution >= 4 is 20.4 Å². The van der Waals surface area contributed by atoms with Gasteiger partial charge in [-0.25, -0.2) is 0 Å². The van der Waals surface area contributed by atoms with E-state index in [1.165, 1.54) is 12.3 Å². The van der Waals surface area contributed by atoms with Crippen molar-refractivity contribution in [2.75, 3.05) is 0 Å². The van der Waals surface area contributed by atoms with Crippen LogP contribution in [-0.2, 0) is 33.9 Å². The van der Waals surface area contributed by atoms with Crippen LogP contribution in [0.1, 0.15) is 41.0 Å². The molecule has 0 N–H and O–H groups in total. The molecule has 0 aliphatic rings. The topological polar surface area (TPSA) is 51.2 Å². The minimum atomic E-state index is 0. The van der Waals surface area contributed by atoms with Crippen molar-refractivity contribution in [2.24, 2.45) is 5.41 Å². The SMILES string of the molecule is C[C-](C)CC(C)(C)C.[CH-]=O.[CH-]=O.[CH-]=O.[Ru+4]. The van der Waals surface area contributed by atoms with E-state index in [1.807, 2.05) is 0 Å². The van der Waals surface area contributed by atoms with Gasteiger partial charge < -0.3 is 20.3 Å². The molecule has 0 fully saturated rings. The zero-order valence-corrected chi connectivity index (χ0v) is 11.8. The van der Waals surface area contributed by atoms with E-state index < -0.39 is 0 Å². The molecular weight excluding hydrogens is 281 g/mol. The van der Waals surface area contributed by atoms with E-state index in [0.717, 1.165) is 0 Å². The summed E-state index contributed by atoms with van der Waals surface area (Å²) in [5.41, 5.74) is 0.485. The maximum Gasteiger partial charge on any atom is 4.00 e. The van der Waals surface area contributed by atoms with Gasteiger partial charge in [0.05, 0.1) is 0 Å². The fraction of sp³-hybridized carbons (Fsp3) is 0.636. The summed E-state index contributed by atoms with van der Waals surface area (Å²) < 4.78 is 0. The van der Waals surface area contributed by atoms with Crippen molar-refractivity contribution in [3.05, 3.63) is 5.92 Å². The third-order valence-corrected chi connectivity index (χ3v) is 0.884. The largest absolute Gasteiger partial charge is 4.00 e. The molecule has 0 rings (SSSR count). The molecule has 0 aliphatic carbocycles. The molecule has 0 aromatic heterocycles. The molecule has 0 saturated carbocycles. The molecule has 3 nitrogen and oxygen atoms in total. The van der Waals surface area contributed by atoms with Crippen molar-refractivity contribution in [3.63, 3.8) is 0 Å². The standard InChI is InChI=1S/C8H17.3CHO.Ru/c1-7(2)6-8(3,4)5;3*1-2;/h6H2,1-5H3;3*1H;/q4*-1;+4. The van der Waals surface area contributed by atoms with Gasteiger partial charge in [-0.1, -0.05) is 26.2 Å². The van der Waals surface area contributed by atoms with Crippen LogP contribution in [0.25, 0.3) is 0 Å². The summed E-state index contributed by atoms with van der Waals surface area (Å²) in [4.78, 5) is 23.2. The van der Waals surface area contributed by atoms with Crippen LogP contribution in [0.4, 0.5) is 0 Å². The summed E-state index contributed by atoms with van der Waals surface area (Å²) in [6, 6.07) is 0. The fourth-order valence-corrected chi connectivity index (χ4v) is 1.06. The van der Waals surface area contributed by atoms with Crippen molar-refractivity contribution in [2.45, 2.75) is 41.0 Å². The Morgan fingerprint density at radius 2 is 1.07 bits per heavy atom. The second-order valence-electron chi connectivity index (χ2n) is 3.94. The maximum absolute atomic E-state index is 7.75. The first-order valence-electron chi connectivity index (χ1n) is 3.91. The number of carbonyl (C=O) groups excluding carboxylic acids is 3. The first-order chi connectivity index (χ1) is 6.42. The van der Waals surface area contributed by atoms with Crippen LogP contribution in [0.2, 0.25) is 0 Å². The molecule has 0 aliphatic heterocycles. The predicted octanol–water partition coefficient (Wildman–Crippen LogP) is 2.21. The summed E-state index contributed by atoms with van der Waals surface area (Å²) in [5, 5.41) is 0. The van der Waals surface area contributed by atoms with Crippen molar-refractivity contribution in [1.29, 1.82) is 0 Å². The fourth-order valence-electron chi connectivity index (χ4n) is 1.06. The molecule has 0 heterocycles. The van der Waals surface area contributed by atoms with E-state index in [-0.39, 0.29) is 19.5 Å². The average molecular weight is 301 g/mol. The average Bonchev–Trinajstić information content (AvgIpc) is 2.11. The molecule has 0 saturated heterocycles. The first-order valence-corrected chi connectivity index (χ1v) is 3.91. The van der Waals surface area contributed by atoms with Crippen molar-refractivity contribution < 1.29 is 33.9 Å². The summed E-state index contributed by atoms with van der Waals surface area (Å²) in [5.74, 6) is 1.53. The van der Waals surface area contributed by atoms with Crippen molar-refractivity contribution in [3.8, 4) is 0 Å². The monoisotopic (exact) mass is 302 g/mol. The van der Waals surface area contributed by atoms with Gasteiger partial charge in [0.15, 0.2) is 0 Å². The molecule has 0 spiro atoms. The Bertz CT molecular complexity index is 95.7. The van der Waals surface area contributed by atoms with Crippen LogP contribution in [-0.4, -0.2) is 20.4 Å². The van der Waals surface area contributed by atoms with E-state index in [2.05, 4.69) is 55.0 Å². The van der Waals surface area contributed by atoms with Gasteiger partial charge in [0.1, 0.15) is 0 Å². The van der Waals surface area contributed by atoms with Gasteiger partial charge in [-0.15, -0.1) is 0 Å². The van der Waals surface area contributed by atoms with Crippen LogP contribution >= 0.6 is 0 Å². The maximum atomic E-state index is 7.75.